The van der Waals surface area contributed by atoms with E-state index in [1.54, 1.807) is 0 Å². The van der Waals surface area contributed by atoms with Crippen molar-refractivity contribution in [1.82, 2.24) is 5.32 Å². The predicted molar refractivity (Wildman–Crippen MR) is 93.4 cm³/mol. The van der Waals surface area contributed by atoms with E-state index in [0.29, 0.717) is 0 Å². The number of nitrogens with one attached hydrogen (secondary N) is 1. The number of hydrogen-bond donors (Lipinski definition) is 2. The maximum atomic E-state index is 11.9. The molecule has 0 aliphatic heterocycles. The Bertz CT molecular complexity index is 568. The van der Waals surface area contributed by atoms with Crippen molar-refractivity contribution >= 4 is 24.5 Å². The van der Waals surface area contributed by atoms with E-state index in [9.17, 15) is 9.90 Å². The molecule has 0 heterocycles. The summed E-state index contributed by atoms with van der Waals surface area (Å²) in [5, 5.41) is 15.2. The SMILES string of the molecule is CC(C)(C)N[C@H](C(=O)O)P(c1ccccc1)c1ccccc1. The summed E-state index contributed by atoms with van der Waals surface area (Å²) < 4.78 is 0. The lowest BCUT2D eigenvalue weighted by molar-refractivity contribution is -0.137. The summed E-state index contributed by atoms with van der Waals surface area (Å²) >= 11 is 0. The van der Waals surface area contributed by atoms with E-state index in [2.05, 4.69) is 5.32 Å². The molecule has 0 aliphatic rings. The smallest absolute Gasteiger partial charge is 0.325 e. The molecule has 0 fully saturated rings. The van der Waals surface area contributed by atoms with E-state index < -0.39 is 19.7 Å². The van der Waals surface area contributed by atoms with Gasteiger partial charge in [0.05, 0.1) is 0 Å². The average Bonchev–Trinajstić information content (AvgIpc) is 2.47. The summed E-state index contributed by atoms with van der Waals surface area (Å²) in [6.07, 6.45) is 0. The second-order valence-corrected chi connectivity index (χ2v) is 8.47. The van der Waals surface area contributed by atoms with Crippen molar-refractivity contribution in [3.05, 3.63) is 60.7 Å². The second-order valence-electron chi connectivity index (χ2n) is 6.18. The molecule has 0 spiro atoms. The Morgan fingerprint density at radius 1 is 0.955 bits per heavy atom. The van der Waals surface area contributed by atoms with Crippen LogP contribution >= 0.6 is 7.92 Å². The second kappa shape index (κ2) is 7.04. The van der Waals surface area contributed by atoms with Gasteiger partial charge in [0.15, 0.2) is 0 Å². The van der Waals surface area contributed by atoms with E-state index >= 15 is 0 Å². The van der Waals surface area contributed by atoms with Crippen LogP contribution in [0.25, 0.3) is 0 Å². The molecular formula is C18H22NO2P. The van der Waals surface area contributed by atoms with Gasteiger partial charge in [0.1, 0.15) is 5.78 Å². The molecule has 0 radical (unpaired) electrons. The van der Waals surface area contributed by atoms with Crippen LogP contribution in [0, 0.1) is 0 Å². The number of carbonyl (C=O) groups is 1. The Balaban J connectivity index is 2.49. The van der Waals surface area contributed by atoms with E-state index in [0.717, 1.165) is 10.6 Å². The van der Waals surface area contributed by atoms with Gasteiger partial charge in [-0.2, -0.15) is 0 Å². The fourth-order valence-electron chi connectivity index (χ4n) is 2.27. The molecule has 2 aromatic carbocycles. The van der Waals surface area contributed by atoms with Gasteiger partial charge in [0.2, 0.25) is 0 Å². The van der Waals surface area contributed by atoms with Crippen molar-refractivity contribution in [3.63, 3.8) is 0 Å². The zero-order valence-electron chi connectivity index (χ0n) is 13.2. The highest BCUT2D eigenvalue weighted by Gasteiger charge is 2.33. The summed E-state index contributed by atoms with van der Waals surface area (Å²) in [6, 6.07) is 19.8. The zero-order valence-corrected chi connectivity index (χ0v) is 14.0. The highest BCUT2D eigenvalue weighted by atomic mass is 31.1. The minimum Gasteiger partial charge on any atom is -0.480 e. The Kier molecular flexibility index (Phi) is 5.33. The average molecular weight is 315 g/mol. The van der Waals surface area contributed by atoms with Crippen molar-refractivity contribution < 1.29 is 9.90 Å². The maximum Gasteiger partial charge on any atom is 0.325 e. The first-order valence-electron chi connectivity index (χ1n) is 7.28. The molecule has 0 amide bonds. The van der Waals surface area contributed by atoms with Crippen molar-refractivity contribution in [3.8, 4) is 0 Å². The van der Waals surface area contributed by atoms with Crippen LogP contribution in [0.3, 0.4) is 0 Å². The fraction of sp³-hybridized carbons (Fsp3) is 0.278. The summed E-state index contributed by atoms with van der Waals surface area (Å²) in [7, 11) is -1.03. The van der Waals surface area contributed by atoms with E-state index in [1.165, 1.54) is 0 Å². The van der Waals surface area contributed by atoms with Crippen molar-refractivity contribution in [2.24, 2.45) is 0 Å². The first-order valence-corrected chi connectivity index (χ1v) is 8.69. The monoisotopic (exact) mass is 315 g/mol. The molecule has 2 rings (SSSR count). The first-order chi connectivity index (χ1) is 10.4. The number of carboxylic acids is 1. The third-order valence-electron chi connectivity index (χ3n) is 3.13. The van der Waals surface area contributed by atoms with Crippen LogP contribution < -0.4 is 15.9 Å². The number of rotatable bonds is 5. The van der Waals surface area contributed by atoms with Crippen LogP contribution in [-0.2, 0) is 4.79 Å². The Morgan fingerprint density at radius 2 is 1.36 bits per heavy atom. The largest absolute Gasteiger partial charge is 0.480 e. The first kappa shape index (κ1) is 16.7. The van der Waals surface area contributed by atoms with Crippen LogP contribution in [0.4, 0.5) is 0 Å². The number of hydrogen-bond acceptors (Lipinski definition) is 2. The minimum atomic E-state index is -1.03. The summed E-state index contributed by atoms with van der Waals surface area (Å²) in [4.78, 5) is 11.9. The molecule has 2 aromatic rings. The van der Waals surface area contributed by atoms with Gasteiger partial charge in [0.25, 0.3) is 0 Å². The van der Waals surface area contributed by atoms with Crippen LogP contribution in [0.2, 0.25) is 0 Å². The highest BCUT2D eigenvalue weighted by molar-refractivity contribution is 7.74. The van der Waals surface area contributed by atoms with Crippen molar-refractivity contribution in [2.75, 3.05) is 0 Å². The lowest BCUT2D eigenvalue weighted by atomic mass is 10.1. The van der Waals surface area contributed by atoms with Crippen LogP contribution in [-0.4, -0.2) is 22.4 Å². The third kappa shape index (κ3) is 4.40. The standard InChI is InChI=1S/C18H22NO2P/c1-18(2,3)19-16(17(20)21)22(14-10-6-4-7-11-14)15-12-8-5-9-13-15/h4-13,16,19H,1-3H3,(H,20,21)/t16-/m0/s1. The van der Waals surface area contributed by atoms with Gasteiger partial charge in [-0.05, 0) is 39.3 Å². The van der Waals surface area contributed by atoms with Gasteiger partial charge in [0, 0.05) is 5.54 Å². The molecule has 1 atom stereocenters. The molecule has 0 aromatic heterocycles. The van der Waals surface area contributed by atoms with Crippen LogP contribution in [0.1, 0.15) is 20.8 Å². The van der Waals surface area contributed by atoms with E-state index in [4.69, 9.17) is 0 Å². The van der Waals surface area contributed by atoms with Gasteiger partial charge in [-0.3, -0.25) is 10.1 Å². The lowest BCUT2D eigenvalue weighted by Crippen LogP contribution is -2.49. The number of carboxylic acid groups (broad SMARTS) is 1. The minimum absolute atomic E-state index is 0.271. The van der Waals surface area contributed by atoms with Gasteiger partial charge in [-0.25, -0.2) is 0 Å². The number of benzene rings is 2. The van der Waals surface area contributed by atoms with E-state index in [1.807, 2.05) is 81.4 Å². The molecule has 22 heavy (non-hydrogen) atoms. The molecule has 0 saturated heterocycles. The molecule has 0 unspecified atom stereocenters. The summed E-state index contributed by atoms with van der Waals surface area (Å²) in [6.45, 7) is 5.98. The van der Waals surface area contributed by atoms with E-state index in [-0.39, 0.29) is 5.54 Å². The molecular weight excluding hydrogens is 293 g/mol. The molecule has 0 saturated carbocycles. The number of aliphatic carboxylic acids is 1. The zero-order chi connectivity index (χ0) is 16.2. The Morgan fingerprint density at radius 3 is 1.68 bits per heavy atom. The van der Waals surface area contributed by atoms with Crippen LogP contribution in [0.15, 0.2) is 60.7 Å². The molecule has 3 nitrogen and oxygen atoms in total. The normalized spacial score (nSPS) is 13.1. The molecule has 116 valence electrons. The summed E-state index contributed by atoms with van der Waals surface area (Å²) in [5.41, 5.74) is -0.271. The molecule has 4 heteroatoms. The third-order valence-corrected chi connectivity index (χ3v) is 5.71. The quantitative estimate of drug-likeness (QED) is 0.834. The molecule has 0 aliphatic carbocycles. The Labute approximate surface area is 133 Å². The van der Waals surface area contributed by atoms with Gasteiger partial charge in [-0.1, -0.05) is 60.7 Å². The maximum absolute atomic E-state index is 11.9. The van der Waals surface area contributed by atoms with Gasteiger partial charge < -0.3 is 5.11 Å². The van der Waals surface area contributed by atoms with Crippen LogP contribution in [0.5, 0.6) is 0 Å². The highest BCUT2D eigenvalue weighted by Crippen LogP contribution is 2.39. The topological polar surface area (TPSA) is 49.3 Å². The van der Waals surface area contributed by atoms with Gasteiger partial charge >= 0.3 is 5.97 Å². The molecule has 2 N–H and O–H groups in total. The van der Waals surface area contributed by atoms with Crippen molar-refractivity contribution in [2.45, 2.75) is 32.1 Å². The van der Waals surface area contributed by atoms with Crippen molar-refractivity contribution in [1.29, 1.82) is 0 Å². The molecule has 0 bridgehead atoms. The Hall–Kier alpha value is -1.70. The summed E-state index contributed by atoms with van der Waals surface area (Å²) in [5.74, 6) is -1.44. The predicted octanol–water partition coefficient (Wildman–Crippen LogP) is 2.92. The van der Waals surface area contributed by atoms with Gasteiger partial charge in [-0.15, -0.1) is 0 Å². The lowest BCUT2D eigenvalue weighted by Gasteiger charge is -2.32. The fourth-order valence-corrected chi connectivity index (χ4v) is 4.89.